The number of halogens is 2. The summed E-state index contributed by atoms with van der Waals surface area (Å²) < 4.78 is 16.1. The first-order valence-corrected chi connectivity index (χ1v) is 9.27. The molecule has 2 aromatic carbocycles. The van der Waals surface area contributed by atoms with E-state index in [4.69, 9.17) is 16.7 Å². The third-order valence-corrected chi connectivity index (χ3v) is 5.52. The SMILES string of the molecule is CCC(c1ccc(Cl)cc1)(n1ccc2c(NC(=O)O)cc(F)cc21)C(C)(C)O. The Morgan fingerprint density at radius 2 is 1.86 bits per heavy atom. The van der Waals surface area contributed by atoms with Crippen LogP contribution in [0.25, 0.3) is 10.9 Å². The van der Waals surface area contributed by atoms with Gasteiger partial charge in [-0.2, -0.15) is 0 Å². The fourth-order valence-corrected chi connectivity index (χ4v) is 4.20. The summed E-state index contributed by atoms with van der Waals surface area (Å²) in [4.78, 5) is 11.1. The van der Waals surface area contributed by atoms with Crippen LogP contribution in [0, 0.1) is 5.82 Å². The molecule has 1 aromatic heterocycles. The van der Waals surface area contributed by atoms with Crippen LogP contribution in [0.1, 0.15) is 32.8 Å². The van der Waals surface area contributed by atoms with Crippen molar-refractivity contribution in [2.45, 2.75) is 38.3 Å². The Labute approximate surface area is 167 Å². The number of carboxylic acid groups (broad SMARTS) is 1. The molecular formula is C21H22ClFN2O3. The predicted molar refractivity (Wildman–Crippen MR) is 109 cm³/mol. The topological polar surface area (TPSA) is 74.5 Å². The zero-order valence-corrected chi connectivity index (χ0v) is 16.6. The van der Waals surface area contributed by atoms with Crippen molar-refractivity contribution in [2.24, 2.45) is 0 Å². The fraction of sp³-hybridized carbons (Fsp3) is 0.286. The van der Waals surface area contributed by atoms with E-state index in [1.165, 1.54) is 6.07 Å². The Morgan fingerprint density at radius 3 is 2.39 bits per heavy atom. The lowest BCUT2D eigenvalue weighted by Gasteiger charge is -2.45. The van der Waals surface area contributed by atoms with Gasteiger partial charge >= 0.3 is 6.09 Å². The van der Waals surface area contributed by atoms with Crippen molar-refractivity contribution in [3.05, 3.63) is 65.1 Å². The van der Waals surface area contributed by atoms with Gasteiger partial charge in [-0.1, -0.05) is 30.7 Å². The number of aliphatic hydroxyl groups is 1. The molecule has 0 spiro atoms. The standard InChI is InChI=1S/C21H22ClFN2O3/c1-4-21(20(2,3)28,13-5-7-14(22)8-6-13)25-10-9-16-17(24-19(26)27)11-15(23)12-18(16)25/h5-12,24,28H,4H2,1-3H3,(H,26,27). The quantitative estimate of drug-likeness (QED) is 0.529. The van der Waals surface area contributed by atoms with Crippen molar-refractivity contribution in [3.63, 3.8) is 0 Å². The van der Waals surface area contributed by atoms with Gasteiger partial charge in [-0.05, 0) is 56.2 Å². The number of carbonyl (C=O) groups is 1. The summed E-state index contributed by atoms with van der Waals surface area (Å²) in [6, 6.07) is 11.4. The monoisotopic (exact) mass is 404 g/mol. The number of benzene rings is 2. The number of rotatable bonds is 5. The summed E-state index contributed by atoms with van der Waals surface area (Å²) in [6.45, 7) is 5.34. The Bertz CT molecular complexity index is 1020. The lowest BCUT2D eigenvalue weighted by atomic mass is 9.74. The van der Waals surface area contributed by atoms with Gasteiger partial charge in [-0.3, -0.25) is 5.32 Å². The number of anilines is 1. The van der Waals surface area contributed by atoms with Crippen LogP contribution in [0.2, 0.25) is 5.02 Å². The molecule has 0 aliphatic carbocycles. The molecule has 1 unspecified atom stereocenters. The van der Waals surface area contributed by atoms with Crippen molar-refractivity contribution >= 4 is 34.3 Å². The Hall–Kier alpha value is -2.57. The molecule has 1 amide bonds. The van der Waals surface area contributed by atoms with Crippen LogP contribution >= 0.6 is 11.6 Å². The van der Waals surface area contributed by atoms with Gasteiger partial charge in [0.25, 0.3) is 0 Å². The van der Waals surface area contributed by atoms with Crippen LogP contribution in [0.15, 0.2) is 48.7 Å². The second-order valence-corrected chi connectivity index (χ2v) is 7.72. The zero-order valence-electron chi connectivity index (χ0n) is 15.8. The van der Waals surface area contributed by atoms with E-state index < -0.39 is 23.1 Å². The lowest BCUT2D eigenvalue weighted by Crippen LogP contribution is -2.52. The van der Waals surface area contributed by atoms with Gasteiger partial charge in [-0.25, -0.2) is 9.18 Å². The minimum atomic E-state index is -1.28. The van der Waals surface area contributed by atoms with Crippen LogP contribution in [-0.2, 0) is 5.54 Å². The second-order valence-electron chi connectivity index (χ2n) is 7.28. The average molecular weight is 405 g/mol. The van der Waals surface area contributed by atoms with E-state index in [1.54, 1.807) is 38.2 Å². The highest BCUT2D eigenvalue weighted by Crippen LogP contribution is 2.43. The fourth-order valence-electron chi connectivity index (χ4n) is 4.08. The van der Waals surface area contributed by atoms with Gasteiger partial charge in [0.05, 0.1) is 22.3 Å². The Kier molecular flexibility index (Phi) is 5.12. The van der Waals surface area contributed by atoms with Crippen molar-refractivity contribution in [1.29, 1.82) is 0 Å². The first kappa shape index (κ1) is 20.2. The number of nitrogens with zero attached hydrogens (tertiary/aromatic N) is 1. The van der Waals surface area contributed by atoms with Gasteiger partial charge in [-0.15, -0.1) is 0 Å². The van der Waals surface area contributed by atoms with Gasteiger partial charge in [0.2, 0.25) is 0 Å². The number of nitrogens with one attached hydrogen (secondary N) is 1. The summed E-state index contributed by atoms with van der Waals surface area (Å²) in [5.74, 6) is -0.576. The molecule has 0 fully saturated rings. The molecule has 0 saturated heterocycles. The molecule has 0 aliphatic heterocycles. The van der Waals surface area contributed by atoms with Gasteiger partial charge in [0.1, 0.15) is 5.82 Å². The normalized spacial score (nSPS) is 14.1. The van der Waals surface area contributed by atoms with Crippen LogP contribution in [0.5, 0.6) is 0 Å². The summed E-state index contributed by atoms with van der Waals surface area (Å²) in [7, 11) is 0. The summed E-state index contributed by atoms with van der Waals surface area (Å²) >= 11 is 6.05. The lowest BCUT2D eigenvalue weighted by molar-refractivity contribution is -0.0237. The van der Waals surface area contributed by atoms with Crippen molar-refractivity contribution in [2.75, 3.05) is 5.32 Å². The molecule has 1 atom stereocenters. The highest BCUT2D eigenvalue weighted by molar-refractivity contribution is 6.30. The van der Waals surface area contributed by atoms with Gasteiger partial charge < -0.3 is 14.8 Å². The molecule has 1 heterocycles. The maximum Gasteiger partial charge on any atom is 0.409 e. The van der Waals surface area contributed by atoms with Crippen molar-refractivity contribution < 1.29 is 19.4 Å². The van der Waals surface area contributed by atoms with Gasteiger partial charge in [0.15, 0.2) is 0 Å². The summed E-state index contributed by atoms with van der Waals surface area (Å²) in [5.41, 5.74) is -0.732. The first-order valence-electron chi connectivity index (χ1n) is 8.89. The number of fused-ring (bicyclic) bond motifs is 1. The van der Waals surface area contributed by atoms with E-state index >= 15 is 0 Å². The maximum absolute atomic E-state index is 14.3. The molecule has 0 bridgehead atoms. The predicted octanol–water partition coefficient (Wildman–Crippen LogP) is 5.45. The number of hydrogen-bond acceptors (Lipinski definition) is 2. The smallest absolute Gasteiger partial charge is 0.409 e. The molecule has 0 aliphatic rings. The minimum absolute atomic E-state index is 0.151. The number of hydrogen-bond donors (Lipinski definition) is 3. The molecule has 7 heteroatoms. The van der Waals surface area contributed by atoms with Crippen LogP contribution in [-0.4, -0.2) is 26.5 Å². The highest BCUT2D eigenvalue weighted by Gasteiger charge is 2.46. The molecule has 28 heavy (non-hydrogen) atoms. The van der Waals surface area contributed by atoms with Crippen LogP contribution in [0.4, 0.5) is 14.9 Å². The molecule has 3 aromatic rings. The van der Waals surface area contributed by atoms with Crippen LogP contribution in [0.3, 0.4) is 0 Å². The van der Waals surface area contributed by atoms with Crippen LogP contribution < -0.4 is 5.32 Å². The van der Waals surface area contributed by atoms with Gasteiger partial charge in [0, 0.05) is 16.6 Å². The highest BCUT2D eigenvalue weighted by atomic mass is 35.5. The number of aromatic nitrogens is 1. The average Bonchev–Trinajstić information content (AvgIpc) is 3.00. The zero-order chi connectivity index (χ0) is 20.7. The molecule has 3 rings (SSSR count). The van der Waals surface area contributed by atoms with E-state index in [2.05, 4.69) is 5.32 Å². The van der Waals surface area contributed by atoms with E-state index in [-0.39, 0.29) is 5.69 Å². The van der Waals surface area contributed by atoms with E-state index in [0.29, 0.717) is 22.3 Å². The molecule has 3 N–H and O–H groups in total. The Morgan fingerprint density at radius 1 is 1.21 bits per heavy atom. The largest absolute Gasteiger partial charge is 0.465 e. The molecule has 0 saturated carbocycles. The van der Waals surface area contributed by atoms with Crippen molar-refractivity contribution in [1.82, 2.24) is 4.57 Å². The molecule has 148 valence electrons. The Balaban J connectivity index is 2.36. The summed E-state index contributed by atoms with van der Waals surface area (Å²) in [6.07, 6.45) is 0.967. The molecule has 0 radical (unpaired) electrons. The molecule has 5 nitrogen and oxygen atoms in total. The van der Waals surface area contributed by atoms with Crippen molar-refractivity contribution in [3.8, 4) is 0 Å². The van der Waals surface area contributed by atoms with E-state index in [1.807, 2.05) is 23.6 Å². The second kappa shape index (κ2) is 7.11. The third kappa shape index (κ3) is 3.23. The number of amides is 1. The first-order chi connectivity index (χ1) is 13.1. The third-order valence-electron chi connectivity index (χ3n) is 5.27. The molecular weight excluding hydrogens is 383 g/mol. The van der Waals surface area contributed by atoms with E-state index in [9.17, 15) is 14.3 Å². The van der Waals surface area contributed by atoms with E-state index in [0.717, 1.165) is 11.6 Å². The summed E-state index contributed by atoms with van der Waals surface area (Å²) in [5, 5.41) is 23.6. The minimum Gasteiger partial charge on any atom is -0.465 e. The maximum atomic E-state index is 14.3.